The van der Waals surface area contributed by atoms with Gasteiger partial charge in [0.25, 0.3) is 5.91 Å². The first-order chi connectivity index (χ1) is 19.0. The summed E-state index contributed by atoms with van der Waals surface area (Å²) in [4.78, 5) is 19.3. The second-order valence-corrected chi connectivity index (χ2v) is 12.2. The van der Waals surface area contributed by atoms with Gasteiger partial charge in [-0.15, -0.1) is 0 Å². The summed E-state index contributed by atoms with van der Waals surface area (Å²) < 4.78 is 69.4. The molecule has 0 atom stereocenters. The molecule has 5 rings (SSSR count). The second-order valence-electron chi connectivity index (χ2n) is 9.46. The number of alkyl halides is 3. The maximum absolute atomic E-state index is 13.2. The van der Waals surface area contributed by atoms with Crippen molar-refractivity contribution in [3.05, 3.63) is 59.8 Å². The summed E-state index contributed by atoms with van der Waals surface area (Å²) in [7, 11) is -3.83. The summed E-state index contributed by atoms with van der Waals surface area (Å²) in [6, 6.07) is 13.9. The molecule has 0 bridgehead atoms. The number of fused-ring (bicyclic) bond motifs is 1. The Balaban J connectivity index is 1.23. The fourth-order valence-electron chi connectivity index (χ4n) is 4.30. The SMILES string of the molecule is Cc1nsc(N=C2CNc3ccccc3N2)c1C(=O)Nc1cccc(NS(=O)(=O)C2CN(CCC(F)(F)F)C2)c1. The number of amides is 1. The Morgan fingerprint density at radius 1 is 1.15 bits per heavy atom. The van der Waals surface area contributed by atoms with Crippen molar-refractivity contribution < 1.29 is 26.4 Å². The highest BCUT2D eigenvalue weighted by Gasteiger charge is 2.39. The number of aliphatic imine (C=N–C) groups is 1. The Bertz CT molecular complexity index is 1550. The Morgan fingerprint density at radius 3 is 2.62 bits per heavy atom. The number of likely N-dealkylation sites (tertiary alicyclic amines) is 1. The first-order valence-electron chi connectivity index (χ1n) is 12.3. The van der Waals surface area contributed by atoms with E-state index in [0.29, 0.717) is 34.3 Å². The number of aryl methyl sites for hydroxylation is 1. The molecule has 212 valence electrons. The third kappa shape index (κ3) is 6.54. The minimum Gasteiger partial charge on any atom is -0.376 e. The number of hydrogen-bond donors (Lipinski definition) is 4. The van der Waals surface area contributed by atoms with Crippen LogP contribution >= 0.6 is 11.5 Å². The number of nitrogens with one attached hydrogen (secondary N) is 4. The Labute approximate surface area is 232 Å². The molecule has 2 aliphatic heterocycles. The number of anilines is 4. The zero-order chi connectivity index (χ0) is 28.5. The predicted molar refractivity (Wildman–Crippen MR) is 150 cm³/mol. The first-order valence-corrected chi connectivity index (χ1v) is 14.6. The third-order valence-electron chi connectivity index (χ3n) is 6.42. The van der Waals surface area contributed by atoms with Gasteiger partial charge in [-0.3, -0.25) is 9.52 Å². The molecular weight excluding hydrogens is 567 g/mol. The van der Waals surface area contributed by atoms with Crippen molar-refractivity contribution in [2.24, 2.45) is 4.99 Å². The number of amidine groups is 1. The van der Waals surface area contributed by atoms with Crippen LogP contribution < -0.4 is 20.7 Å². The maximum atomic E-state index is 13.2. The zero-order valence-electron chi connectivity index (χ0n) is 21.2. The highest BCUT2D eigenvalue weighted by atomic mass is 32.2. The smallest absolute Gasteiger partial charge is 0.376 e. The number of halogens is 3. The average molecular weight is 594 g/mol. The van der Waals surface area contributed by atoms with Crippen molar-refractivity contribution >= 4 is 61.0 Å². The lowest BCUT2D eigenvalue weighted by atomic mass is 10.2. The van der Waals surface area contributed by atoms with Crippen LogP contribution in [0.1, 0.15) is 22.5 Å². The quantitative estimate of drug-likeness (QED) is 0.299. The first kappa shape index (κ1) is 27.9. The van der Waals surface area contributed by atoms with Crippen molar-refractivity contribution in [3.63, 3.8) is 0 Å². The molecule has 1 aromatic heterocycles. The van der Waals surface area contributed by atoms with Gasteiger partial charge in [-0.25, -0.2) is 13.4 Å². The van der Waals surface area contributed by atoms with Crippen LogP contribution in [0.5, 0.6) is 0 Å². The van der Waals surface area contributed by atoms with E-state index in [1.807, 2.05) is 24.3 Å². The van der Waals surface area contributed by atoms with E-state index < -0.39 is 33.8 Å². The number of nitrogens with zero attached hydrogens (tertiary/aromatic N) is 3. The summed E-state index contributed by atoms with van der Waals surface area (Å²) in [6.07, 6.45) is -5.27. The lowest BCUT2D eigenvalue weighted by Gasteiger charge is -2.38. The molecule has 2 aliphatic rings. The molecule has 4 N–H and O–H groups in total. The van der Waals surface area contributed by atoms with Crippen molar-refractivity contribution in [1.82, 2.24) is 9.27 Å². The van der Waals surface area contributed by atoms with E-state index in [-0.39, 0.29) is 25.3 Å². The molecule has 3 aromatic rings. The number of sulfonamides is 1. The summed E-state index contributed by atoms with van der Waals surface area (Å²) in [5, 5.41) is 8.90. The van der Waals surface area contributed by atoms with Gasteiger partial charge in [0, 0.05) is 25.3 Å². The molecule has 0 unspecified atom stereocenters. The maximum Gasteiger partial charge on any atom is 0.390 e. The van der Waals surface area contributed by atoms with Gasteiger partial charge in [-0.05, 0) is 48.8 Å². The van der Waals surface area contributed by atoms with Gasteiger partial charge in [0.2, 0.25) is 10.0 Å². The fraction of sp³-hybridized carbons (Fsp3) is 0.320. The standard InChI is InChI=1S/C25H26F3N7O3S2/c1-15-22(24(39-33-15)32-21-12-29-19-7-2-3-8-20(19)31-21)23(36)30-16-5-4-6-17(11-16)34-40(37,38)18-13-35(14-18)10-9-25(26,27)28/h2-8,11,18,29,34H,9-10,12-14H2,1H3,(H,30,36)(H,31,32). The van der Waals surface area contributed by atoms with Gasteiger partial charge < -0.3 is 20.9 Å². The molecule has 1 saturated heterocycles. The highest BCUT2D eigenvalue weighted by molar-refractivity contribution is 7.93. The molecule has 2 aromatic carbocycles. The summed E-state index contributed by atoms with van der Waals surface area (Å²) in [5.74, 6) is 0.176. The normalized spacial score (nSPS) is 16.9. The lowest BCUT2D eigenvalue weighted by Crippen LogP contribution is -2.56. The Morgan fingerprint density at radius 2 is 1.88 bits per heavy atom. The molecule has 10 nitrogen and oxygen atoms in total. The lowest BCUT2D eigenvalue weighted by molar-refractivity contribution is -0.139. The van der Waals surface area contributed by atoms with Crippen molar-refractivity contribution in [2.45, 2.75) is 24.8 Å². The van der Waals surface area contributed by atoms with Crippen LogP contribution in [0.3, 0.4) is 0 Å². The van der Waals surface area contributed by atoms with Crippen LogP contribution in [0, 0.1) is 6.92 Å². The van der Waals surface area contributed by atoms with Crippen LogP contribution in [-0.2, 0) is 10.0 Å². The van der Waals surface area contributed by atoms with Crippen molar-refractivity contribution in [3.8, 4) is 0 Å². The van der Waals surface area contributed by atoms with Gasteiger partial charge in [0.15, 0.2) is 5.00 Å². The summed E-state index contributed by atoms with van der Waals surface area (Å²) >= 11 is 1.09. The van der Waals surface area contributed by atoms with E-state index in [0.717, 1.165) is 22.9 Å². The minimum atomic E-state index is -4.28. The Hall–Kier alpha value is -3.69. The predicted octanol–water partition coefficient (Wildman–Crippen LogP) is 4.65. The van der Waals surface area contributed by atoms with Crippen LogP contribution in [-0.4, -0.2) is 67.0 Å². The van der Waals surface area contributed by atoms with E-state index in [4.69, 9.17) is 0 Å². The van der Waals surface area contributed by atoms with Crippen LogP contribution in [0.25, 0.3) is 0 Å². The van der Waals surface area contributed by atoms with E-state index in [9.17, 15) is 26.4 Å². The number of para-hydroxylation sites is 2. The van der Waals surface area contributed by atoms with Crippen molar-refractivity contribution in [1.29, 1.82) is 0 Å². The average Bonchev–Trinajstić information content (AvgIpc) is 3.21. The number of carbonyl (C=O) groups excluding carboxylic acids is 1. The Kier molecular flexibility index (Phi) is 7.70. The number of aromatic nitrogens is 1. The van der Waals surface area contributed by atoms with Gasteiger partial charge in [-0.1, -0.05) is 18.2 Å². The molecule has 0 radical (unpaired) electrons. The van der Waals surface area contributed by atoms with Gasteiger partial charge in [-0.2, -0.15) is 17.5 Å². The molecule has 15 heteroatoms. The number of benzene rings is 2. The van der Waals surface area contributed by atoms with Crippen LogP contribution in [0.2, 0.25) is 0 Å². The van der Waals surface area contributed by atoms with Gasteiger partial charge in [0.05, 0.1) is 41.3 Å². The molecule has 40 heavy (non-hydrogen) atoms. The highest BCUT2D eigenvalue weighted by Crippen LogP contribution is 2.31. The molecule has 0 saturated carbocycles. The molecule has 3 heterocycles. The summed E-state index contributed by atoms with van der Waals surface area (Å²) in [5.41, 5.74) is 3.20. The van der Waals surface area contributed by atoms with Crippen molar-refractivity contribution in [2.75, 3.05) is 46.9 Å². The molecule has 0 aliphatic carbocycles. The monoisotopic (exact) mass is 593 g/mol. The molecule has 0 spiro atoms. The topological polar surface area (TPSA) is 128 Å². The largest absolute Gasteiger partial charge is 0.390 e. The molecular formula is C25H26F3N7O3S2. The number of carbonyl (C=O) groups is 1. The van der Waals surface area contributed by atoms with Gasteiger partial charge in [0.1, 0.15) is 11.1 Å². The van der Waals surface area contributed by atoms with E-state index in [2.05, 4.69) is 30.0 Å². The second kappa shape index (κ2) is 11.1. The fourth-order valence-corrected chi connectivity index (χ4v) is 6.53. The van der Waals surface area contributed by atoms with E-state index >= 15 is 0 Å². The van der Waals surface area contributed by atoms with Crippen LogP contribution in [0.4, 0.5) is 40.9 Å². The molecule has 1 amide bonds. The van der Waals surface area contributed by atoms with E-state index in [1.54, 1.807) is 19.1 Å². The van der Waals surface area contributed by atoms with E-state index in [1.165, 1.54) is 17.0 Å². The molecule has 1 fully saturated rings. The summed E-state index contributed by atoms with van der Waals surface area (Å²) in [6.45, 7) is 1.96. The third-order valence-corrected chi connectivity index (χ3v) is 8.94. The van der Waals surface area contributed by atoms with Crippen LogP contribution in [0.15, 0.2) is 53.5 Å². The number of hydrogen-bond acceptors (Lipinski definition) is 8. The van der Waals surface area contributed by atoms with Gasteiger partial charge >= 0.3 is 6.18 Å². The minimum absolute atomic E-state index is 0.0213. The number of rotatable bonds is 8. The zero-order valence-corrected chi connectivity index (χ0v) is 22.9.